The van der Waals surface area contributed by atoms with Crippen LogP contribution in [0.1, 0.15) is 11.4 Å². The largest absolute Gasteiger partial charge is 0.380 e. The number of rotatable bonds is 5. The number of aromatic nitrogens is 3. The summed E-state index contributed by atoms with van der Waals surface area (Å²) in [4.78, 5) is 4.24. The maximum atomic E-state index is 5.88. The lowest BCUT2D eigenvalue weighted by Crippen LogP contribution is -2.23. The molecular weight excluding hydrogens is 383 g/mol. The Labute approximate surface area is 140 Å². The van der Waals surface area contributed by atoms with Gasteiger partial charge in [0, 0.05) is 25.4 Å². The van der Waals surface area contributed by atoms with Gasteiger partial charge < -0.3 is 20.4 Å². The van der Waals surface area contributed by atoms with Gasteiger partial charge in [-0.2, -0.15) is 0 Å². The van der Waals surface area contributed by atoms with Gasteiger partial charge in [0.25, 0.3) is 0 Å². The van der Waals surface area contributed by atoms with Gasteiger partial charge >= 0.3 is 0 Å². The first kappa shape index (κ1) is 17.4. The third kappa shape index (κ3) is 4.97. The molecule has 1 heterocycles. The van der Waals surface area contributed by atoms with Crippen molar-refractivity contribution in [1.82, 2.24) is 14.8 Å². The lowest BCUT2D eigenvalue weighted by Gasteiger charge is -2.10. The maximum absolute atomic E-state index is 5.88. The molecule has 0 aliphatic carbocycles. The summed E-state index contributed by atoms with van der Waals surface area (Å²) in [6.45, 7) is 0.890. The van der Waals surface area contributed by atoms with Crippen molar-refractivity contribution in [1.29, 1.82) is 0 Å². The minimum Gasteiger partial charge on any atom is -0.380 e. The molecular formula is C13H19IN6O. The van der Waals surface area contributed by atoms with Crippen molar-refractivity contribution in [2.75, 3.05) is 12.4 Å². The second-order valence-electron chi connectivity index (χ2n) is 4.27. The number of ether oxygens (including phenoxy) is 1. The topological polar surface area (TPSA) is 90.3 Å². The van der Waals surface area contributed by atoms with E-state index in [-0.39, 0.29) is 24.0 Å². The Bertz CT molecular complexity index is 598. The minimum atomic E-state index is 0. The van der Waals surface area contributed by atoms with Crippen molar-refractivity contribution in [3.05, 3.63) is 42.0 Å². The molecule has 0 radical (unpaired) electrons. The third-order valence-electron chi connectivity index (χ3n) is 2.78. The number of aryl methyl sites for hydroxylation is 1. The zero-order valence-electron chi connectivity index (χ0n) is 12.0. The van der Waals surface area contributed by atoms with E-state index in [0.717, 1.165) is 17.1 Å². The van der Waals surface area contributed by atoms with Gasteiger partial charge in [-0.25, -0.2) is 4.99 Å². The summed E-state index contributed by atoms with van der Waals surface area (Å²) in [6, 6.07) is 7.78. The lowest BCUT2D eigenvalue weighted by atomic mass is 10.2. The first-order chi connectivity index (χ1) is 9.70. The van der Waals surface area contributed by atoms with Crippen LogP contribution >= 0.6 is 24.0 Å². The molecule has 1 aromatic heterocycles. The molecule has 0 fully saturated rings. The van der Waals surface area contributed by atoms with Crippen LogP contribution in [0, 0.1) is 0 Å². The number of hydrogen-bond donors (Lipinski definition) is 2. The quantitative estimate of drug-likeness (QED) is 0.450. The van der Waals surface area contributed by atoms with Crippen molar-refractivity contribution >= 4 is 35.6 Å². The van der Waals surface area contributed by atoms with Crippen LogP contribution in [0.3, 0.4) is 0 Å². The summed E-state index contributed by atoms with van der Waals surface area (Å²) in [7, 11) is 3.52. The molecule has 1 aromatic carbocycles. The van der Waals surface area contributed by atoms with Gasteiger partial charge in [-0.15, -0.1) is 34.2 Å². The third-order valence-corrected chi connectivity index (χ3v) is 2.78. The number of halogens is 1. The zero-order chi connectivity index (χ0) is 14.4. The number of methoxy groups -OCH3 is 1. The molecule has 0 bridgehead atoms. The number of nitrogens with one attached hydrogen (secondary N) is 1. The fraction of sp³-hybridized carbons (Fsp3) is 0.308. The molecule has 0 spiro atoms. The number of aliphatic imine (C=N–C) groups is 1. The SMILES string of the molecule is COCc1ccccc1NC(N)=NCc1nncn1C.I. The van der Waals surface area contributed by atoms with Crippen LogP contribution in [0.15, 0.2) is 35.6 Å². The highest BCUT2D eigenvalue weighted by molar-refractivity contribution is 14.0. The molecule has 2 aromatic rings. The van der Waals surface area contributed by atoms with Gasteiger partial charge in [-0.05, 0) is 6.07 Å². The van der Waals surface area contributed by atoms with Gasteiger partial charge in [-0.3, -0.25) is 0 Å². The number of hydrogen-bond acceptors (Lipinski definition) is 4. The summed E-state index contributed by atoms with van der Waals surface area (Å²) in [5.74, 6) is 1.08. The molecule has 8 heteroatoms. The highest BCUT2D eigenvalue weighted by Gasteiger charge is 2.03. The zero-order valence-corrected chi connectivity index (χ0v) is 14.3. The van der Waals surface area contributed by atoms with Crippen LogP contribution in [0.2, 0.25) is 0 Å². The summed E-state index contributed by atoms with van der Waals surface area (Å²) < 4.78 is 6.94. The Kier molecular flexibility index (Phi) is 7.09. The fourth-order valence-corrected chi connectivity index (χ4v) is 1.71. The second kappa shape index (κ2) is 8.57. The summed E-state index contributed by atoms with van der Waals surface area (Å²) in [6.07, 6.45) is 1.63. The van der Waals surface area contributed by atoms with Gasteiger partial charge in [0.1, 0.15) is 12.9 Å². The van der Waals surface area contributed by atoms with E-state index >= 15 is 0 Å². The number of nitrogens with two attached hydrogens (primary N) is 1. The Morgan fingerprint density at radius 2 is 2.19 bits per heavy atom. The van der Waals surface area contributed by atoms with Crippen molar-refractivity contribution in [3.63, 3.8) is 0 Å². The predicted octanol–water partition coefficient (Wildman–Crippen LogP) is 1.51. The molecule has 7 nitrogen and oxygen atoms in total. The Balaban J connectivity index is 0.00000220. The molecule has 0 aliphatic rings. The normalized spacial score (nSPS) is 11.0. The second-order valence-corrected chi connectivity index (χ2v) is 4.27. The number of anilines is 1. The summed E-state index contributed by atoms with van der Waals surface area (Å²) in [5.41, 5.74) is 7.78. The molecule has 21 heavy (non-hydrogen) atoms. The van der Waals surface area contributed by atoms with Crippen LogP contribution in [0.4, 0.5) is 5.69 Å². The van der Waals surface area contributed by atoms with Gasteiger partial charge in [0.15, 0.2) is 11.8 Å². The van der Waals surface area contributed by atoms with Crippen molar-refractivity contribution < 1.29 is 4.74 Å². The summed E-state index contributed by atoms with van der Waals surface area (Å²) >= 11 is 0. The molecule has 0 saturated carbocycles. The molecule has 2 rings (SSSR count). The molecule has 0 atom stereocenters. The monoisotopic (exact) mass is 402 g/mol. The van der Waals surface area contributed by atoms with E-state index in [2.05, 4.69) is 20.5 Å². The van der Waals surface area contributed by atoms with Gasteiger partial charge in [-0.1, -0.05) is 18.2 Å². The summed E-state index contributed by atoms with van der Waals surface area (Å²) in [5, 5.41) is 10.8. The number of para-hydroxylation sites is 1. The van der Waals surface area contributed by atoms with Crippen LogP contribution in [-0.4, -0.2) is 27.8 Å². The lowest BCUT2D eigenvalue weighted by molar-refractivity contribution is 0.185. The van der Waals surface area contributed by atoms with Gasteiger partial charge in [0.2, 0.25) is 0 Å². The van der Waals surface area contributed by atoms with E-state index in [1.807, 2.05) is 31.3 Å². The number of benzene rings is 1. The van der Waals surface area contributed by atoms with E-state index in [9.17, 15) is 0 Å². The highest BCUT2D eigenvalue weighted by atomic mass is 127. The van der Waals surface area contributed by atoms with Crippen molar-refractivity contribution in [2.24, 2.45) is 17.8 Å². The molecule has 0 aliphatic heterocycles. The Morgan fingerprint density at radius 1 is 1.43 bits per heavy atom. The van der Waals surface area contributed by atoms with Crippen LogP contribution in [0.25, 0.3) is 0 Å². The van der Waals surface area contributed by atoms with E-state index in [4.69, 9.17) is 10.5 Å². The van der Waals surface area contributed by atoms with E-state index in [1.165, 1.54) is 0 Å². The minimum absolute atomic E-state index is 0. The Hall–Kier alpha value is -1.68. The smallest absolute Gasteiger partial charge is 0.193 e. The maximum Gasteiger partial charge on any atom is 0.193 e. The first-order valence-electron chi connectivity index (χ1n) is 6.17. The van der Waals surface area contributed by atoms with Crippen LogP contribution in [-0.2, 0) is 24.9 Å². The van der Waals surface area contributed by atoms with E-state index in [1.54, 1.807) is 18.0 Å². The molecule has 114 valence electrons. The molecule has 0 saturated heterocycles. The van der Waals surface area contributed by atoms with E-state index < -0.39 is 0 Å². The highest BCUT2D eigenvalue weighted by Crippen LogP contribution is 2.15. The Morgan fingerprint density at radius 3 is 2.86 bits per heavy atom. The van der Waals surface area contributed by atoms with E-state index in [0.29, 0.717) is 19.1 Å². The molecule has 0 amide bonds. The average Bonchev–Trinajstić information content (AvgIpc) is 2.84. The predicted molar refractivity (Wildman–Crippen MR) is 92.5 cm³/mol. The molecule has 3 N–H and O–H groups in total. The van der Waals surface area contributed by atoms with Crippen molar-refractivity contribution in [2.45, 2.75) is 13.2 Å². The van der Waals surface area contributed by atoms with Gasteiger partial charge in [0.05, 0.1) is 6.61 Å². The fourth-order valence-electron chi connectivity index (χ4n) is 1.71. The molecule has 0 unspecified atom stereocenters. The number of guanidine groups is 1. The standard InChI is InChI=1S/C13H18N6O.HI/c1-19-9-16-18-12(19)7-15-13(14)17-11-6-4-3-5-10(11)8-20-2;/h3-6,9H,7-8H2,1-2H3,(H3,14,15,17);1H. The number of nitrogens with zero attached hydrogens (tertiary/aromatic N) is 4. The van der Waals surface area contributed by atoms with Crippen LogP contribution < -0.4 is 11.1 Å². The van der Waals surface area contributed by atoms with Crippen LogP contribution in [0.5, 0.6) is 0 Å². The van der Waals surface area contributed by atoms with Crippen molar-refractivity contribution in [3.8, 4) is 0 Å². The average molecular weight is 402 g/mol. The first-order valence-corrected chi connectivity index (χ1v) is 6.17.